The molecule has 2 unspecified atom stereocenters. The molecular weight excluding hydrogens is 282 g/mol. The Morgan fingerprint density at radius 1 is 0.652 bits per heavy atom. The van der Waals surface area contributed by atoms with Gasteiger partial charge in [-0.3, -0.25) is 0 Å². The van der Waals surface area contributed by atoms with Gasteiger partial charge in [0, 0.05) is 0 Å². The third kappa shape index (κ3) is 14.9. The van der Waals surface area contributed by atoms with Crippen LogP contribution in [0.3, 0.4) is 0 Å². The van der Waals surface area contributed by atoms with Gasteiger partial charge in [-0.2, -0.15) is 4.91 Å². The van der Waals surface area contributed by atoms with Crippen LogP contribution in [0.25, 0.3) is 0 Å². The Morgan fingerprint density at radius 2 is 1.04 bits per heavy atom. The Hall–Kier alpha value is -0.400. The van der Waals surface area contributed by atoms with Gasteiger partial charge in [-0.25, -0.2) is 0 Å². The molecule has 0 aromatic carbocycles. The first-order valence-corrected chi connectivity index (χ1v) is 10.6. The molecule has 2 heteroatoms. The largest absolute Gasteiger partial charge is 0.151 e. The van der Waals surface area contributed by atoms with Crippen LogP contribution in [0.1, 0.15) is 124 Å². The van der Waals surface area contributed by atoms with E-state index in [2.05, 4.69) is 25.9 Å². The van der Waals surface area contributed by atoms with E-state index in [1.54, 1.807) is 0 Å². The molecule has 138 valence electrons. The Labute approximate surface area is 146 Å². The van der Waals surface area contributed by atoms with Crippen LogP contribution in [-0.4, -0.2) is 6.04 Å². The van der Waals surface area contributed by atoms with Crippen molar-refractivity contribution >= 4 is 0 Å². The molecule has 0 aliphatic rings. The zero-order chi connectivity index (χ0) is 17.2. The molecule has 0 saturated carbocycles. The molecule has 2 nitrogen and oxygen atoms in total. The maximum Gasteiger partial charge on any atom is 0.0942 e. The predicted molar refractivity (Wildman–Crippen MR) is 104 cm³/mol. The SMILES string of the molecule is CCCCCCCCCCCCCCCCC(C)C(CC)N=O. The van der Waals surface area contributed by atoms with Gasteiger partial charge in [0.2, 0.25) is 0 Å². The fourth-order valence-corrected chi connectivity index (χ4v) is 3.43. The first kappa shape index (κ1) is 22.6. The van der Waals surface area contributed by atoms with Crippen molar-refractivity contribution in [2.24, 2.45) is 11.1 Å². The van der Waals surface area contributed by atoms with Crippen molar-refractivity contribution in [2.75, 3.05) is 0 Å². The molecule has 2 atom stereocenters. The summed E-state index contributed by atoms with van der Waals surface area (Å²) in [4.78, 5) is 10.7. The Bertz CT molecular complexity index is 242. The van der Waals surface area contributed by atoms with Gasteiger partial charge in [0.25, 0.3) is 0 Å². The van der Waals surface area contributed by atoms with E-state index in [9.17, 15) is 4.91 Å². The first-order valence-electron chi connectivity index (χ1n) is 10.6. The third-order valence-electron chi connectivity index (χ3n) is 5.22. The van der Waals surface area contributed by atoms with Crippen molar-refractivity contribution < 1.29 is 0 Å². The Balaban J connectivity index is 3.17. The van der Waals surface area contributed by atoms with Crippen LogP contribution in [0, 0.1) is 10.8 Å². The van der Waals surface area contributed by atoms with Crippen molar-refractivity contribution in [1.82, 2.24) is 0 Å². The fourth-order valence-electron chi connectivity index (χ4n) is 3.43. The monoisotopic (exact) mass is 325 g/mol. The molecule has 0 aromatic heterocycles. The minimum Gasteiger partial charge on any atom is -0.151 e. The van der Waals surface area contributed by atoms with Crippen LogP contribution in [0.2, 0.25) is 0 Å². The normalized spacial score (nSPS) is 13.9. The van der Waals surface area contributed by atoms with Crippen LogP contribution in [-0.2, 0) is 0 Å². The van der Waals surface area contributed by atoms with Crippen molar-refractivity contribution in [3.63, 3.8) is 0 Å². The minimum atomic E-state index is 0.0389. The minimum absolute atomic E-state index is 0.0389. The van der Waals surface area contributed by atoms with Gasteiger partial charge >= 0.3 is 0 Å². The average Bonchev–Trinajstić information content (AvgIpc) is 2.56. The Morgan fingerprint density at radius 3 is 1.39 bits per heavy atom. The van der Waals surface area contributed by atoms with Gasteiger partial charge in [0.15, 0.2) is 0 Å². The molecule has 0 fully saturated rings. The van der Waals surface area contributed by atoms with Gasteiger partial charge in [-0.05, 0) is 18.8 Å². The predicted octanol–water partition coefficient (Wildman–Crippen LogP) is 8.04. The summed E-state index contributed by atoms with van der Waals surface area (Å²) >= 11 is 0. The van der Waals surface area contributed by atoms with E-state index in [0.29, 0.717) is 5.92 Å². The van der Waals surface area contributed by atoms with Crippen LogP contribution >= 0.6 is 0 Å². The lowest BCUT2D eigenvalue weighted by atomic mass is 9.94. The fraction of sp³-hybridized carbons (Fsp3) is 1.00. The summed E-state index contributed by atoms with van der Waals surface area (Å²) in [5.74, 6) is 0.467. The molecule has 0 N–H and O–H groups in total. The molecule has 0 saturated heterocycles. The Kier molecular flexibility index (Phi) is 17.6. The maximum absolute atomic E-state index is 10.7. The second-order valence-electron chi connectivity index (χ2n) is 7.44. The lowest BCUT2D eigenvalue weighted by Crippen LogP contribution is -2.13. The van der Waals surface area contributed by atoms with Crippen molar-refractivity contribution in [2.45, 2.75) is 130 Å². The number of unbranched alkanes of at least 4 members (excludes halogenated alkanes) is 13. The number of rotatable bonds is 18. The molecule has 0 aliphatic carbocycles. The molecule has 0 radical (unpaired) electrons. The summed E-state index contributed by atoms with van der Waals surface area (Å²) in [7, 11) is 0. The van der Waals surface area contributed by atoms with Crippen LogP contribution in [0.4, 0.5) is 0 Å². The number of hydrogen-bond acceptors (Lipinski definition) is 2. The summed E-state index contributed by atoms with van der Waals surface area (Å²) < 4.78 is 0. The number of hydrogen-bond donors (Lipinski definition) is 0. The number of nitroso groups, excluding NO2 is 1. The molecule has 0 bridgehead atoms. The lowest BCUT2D eigenvalue weighted by Gasteiger charge is -2.15. The van der Waals surface area contributed by atoms with Crippen molar-refractivity contribution in [1.29, 1.82) is 0 Å². The van der Waals surface area contributed by atoms with Gasteiger partial charge in [0.05, 0.1) is 6.04 Å². The van der Waals surface area contributed by atoms with E-state index < -0.39 is 0 Å². The van der Waals surface area contributed by atoms with Gasteiger partial charge in [0.1, 0.15) is 0 Å². The molecule has 0 heterocycles. The summed E-state index contributed by atoms with van der Waals surface area (Å²) in [5.41, 5.74) is 0. The average molecular weight is 326 g/mol. The van der Waals surface area contributed by atoms with E-state index in [1.807, 2.05) is 0 Å². The zero-order valence-corrected chi connectivity index (χ0v) is 16.3. The summed E-state index contributed by atoms with van der Waals surface area (Å²) in [6, 6.07) is 0.0389. The standard InChI is InChI=1S/C21H43NO/c1-4-6-7-8-9-10-11-12-13-14-15-16-17-18-19-20(3)21(5-2)22-23/h20-21H,4-19H2,1-3H3. The summed E-state index contributed by atoms with van der Waals surface area (Å²) in [6.45, 7) is 6.52. The molecule has 0 aromatic rings. The van der Waals surface area contributed by atoms with Gasteiger partial charge in [-0.1, -0.05) is 116 Å². The van der Waals surface area contributed by atoms with E-state index in [0.717, 1.165) is 6.42 Å². The second-order valence-corrected chi connectivity index (χ2v) is 7.44. The van der Waals surface area contributed by atoms with E-state index in [1.165, 1.54) is 96.3 Å². The van der Waals surface area contributed by atoms with Gasteiger partial charge < -0.3 is 0 Å². The smallest absolute Gasteiger partial charge is 0.0942 e. The molecule has 0 aliphatic heterocycles. The second kappa shape index (κ2) is 17.9. The van der Waals surface area contributed by atoms with Crippen LogP contribution < -0.4 is 0 Å². The van der Waals surface area contributed by atoms with Crippen molar-refractivity contribution in [3.8, 4) is 0 Å². The highest BCUT2D eigenvalue weighted by atomic mass is 16.3. The highest BCUT2D eigenvalue weighted by Gasteiger charge is 2.14. The van der Waals surface area contributed by atoms with E-state index in [-0.39, 0.29) is 6.04 Å². The molecule has 0 rings (SSSR count). The zero-order valence-electron chi connectivity index (χ0n) is 16.3. The van der Waals surface area contributed by atoms with Crippen molar-refractivity contribution in [3.05, 3.63) is 4.91 Å². The molecule has 0 spiro atoms. The maximum atomic E-state index is 10.7. The summed E-state index contributed by atoms with van der Waals surface area (Å²) in [5, 5.41) is 3.24. The summed E-state index contributed by atoms with van der Waals surface area (Å²) in [6.07, 6.45) is 21.7. The first-order chi connectivity index (χ1) is 11.3. The third-order valence-corrected chi connectivity index (χ3v) is 5.22. The number of nitrogens with zero attached hydrogens (tertiary/aromatic N) is 1. The lowest BCUT2D eigenvalue weighted by molar-refractivity contribution is 0.396. The molecule has 23 heavy (non-hydrogen) atoms. The highest BCUT2D eigenvalue weighted by Crippen LogP contribution is 2.19. The topological polar surface area (TPSA) is 29.4 Å². The van der Waals surface area contributed by atoms with E-state index >= 15 is 0 Å². The molecular formula is C21H43NO. The quantitative estimate of drug-likeness (QED) is 0.185. The highest BCUT2D eigenvalue weighted by molar-refractivity contribution is 4.70. The molecule has 0 amide bonds. The van der Waals surface area contributed by atoms with E-state index in [4.69, 9.17) is 0 Å². The van der Waals surface area contributed by atoms with Crippen LogP contribution in [0.5, 0.6) is 0 Å². The van der Waals surface area contributed by atoms with Crippen LogP contribution in [0.15, 0.2) is 5.18 Å². The van der Waals surface area contributed by atoms with Gasteiger partial charge in [-0.15, -0.1) is 0 Å².